The fraction of sp³-hybridized carbons (Fsp3) is 0.481. The monoisotopic (exact) mass is 538 g/mol. The van der Waals surface area contributed by atoms with Gasteiger partial charge >= 0.3 is 12.1 Å². The smallest absolute Gasteiger partial charge is 0.371 e. The number of rotatable bonds is 6. The van der Waals surface area contributed by atoms with Crippen molar-refractivity contribution in [2.45, 2.75) is 43.9 Å². The Morgan fingerprint density at radius 3 is 2.03 bits per heavy atom. The number of aliphatic hydroxyl groups is 1. The first-order valence-electron chi connectivity index (χ1n) is 12.6. The lowest BCUT2D eigenvalue weighted by atomic mass is 9.82. The Hall–Kier alpha value is -2.62. The van der Waals surface area contributed by atoms with Crippen LogP contribution in [0, 0.1) is 11.8 Å². The molecular formula is C27H32ClF3N3O3+. The van der Waals surface area contributed by atoms with Crippen LogP contribution in [0.1, 0.15) is 48.0 Å². The van der Waals surface area contributed by atoms with Crippen molar-refractivity contribution in [1.82, 2.24) is 4.90 Å². The number of nitrogens with zero attached hydrogens (tertiary/aromatic N) is 2. The Morgan fingerprint density at radius 1 is 0.946 bits per heavy atom. The number of halogens is 4. The first-order valence-corrected chi connectivity index (χ1v) is 12.9. The summed E-state index contributed by atoms with van der Waals surface area (Å²) < 4.78 is 41.7. The second kappa shape index (κ2) is 11.0. The average molecular weight is 539 g/mol. The molecule has 10 heteroatoms. The number of hydrogen-bond acceptors (Lipinski definition) is 4. The van der Waals surface area contributed by atoms with Gasteiger partial charge in [0.15, 0.2) is 0 Å². The first kappa shape index (κ1) is 27.4. The van der Waals surface area contributed by atoms with Gasteiger partial charge in [0.05, 0.1) is 10.6 Å². The largest absolute Gasteiger partial charge is 0.430 e. The van der Waals surface area contributed by atoms with E-state index in [1.54, 1.807) is 12.1 Å². The second-order valence-electron chi connectivity index (χ2n) is 10.1. The summed E-state index contributed by atoms with van der Waals surface area (Å²) >= 11 is 6.23. The van der Waals surface area contributed by atoms with E-state index in [-0.39, 0.29) is 19.0 Å². The van der Waals surface area contributed by atoms with Gasteiger partial charge in [0.2, 0.25) is 0 Å². The van der Waals surface area contributed by atoms with Crippen LogP contribution in [0.25, 0.3) is 0 Å². The molecule has 0 radical (unpaired) electrons. The van der Waals surface area contributed by atoms with Crippen molar-refractivity contribution in [3.8, 4) is 0 Å². The number of quaternary nitrogens is 1. The molecule has 4 N–H and O–H groups in total. The molecule has 2 saturated heterocycles. The Labute approximate surface area is 219 Å². The van der Waals surface area contributed by atoms with E-state index in [0.29, 0.717) is 35.3 Å². The molecule has 6 nitrogen and oxygen atoms in total. The molecule has 1 atom stereocenters. The molecule has 200 valence electrons. The normalized spacial score (nSPS) is 19.5. The van der Waals surface area contributed by atoms with E-state index in [2.05, 4.69) is 10.6 Å². The van der Waals surface area contributed by atoms with Crippen LogP contribution in [-0.2, 0) is 10.4 Å². The number of hydrogen-bond donors (Lipinski definition) is 2. The molecule has 0 bridgehead atoms. The highest BCUT2D eigenvalue weighted by atomic mass is 35.5. The Bertz CT molecular complexity index is 1110. The fourth-order valence-corrected chi connectivity index (χ4v) is 5.79. The van der Waals surface area contributed by atoms with Gasteiger partial charge < -0.3 is 14.9 Å². The average Bonchev–Trinajstić information content (AvgIpc) is 2.88. The van der Waals surface area contributed by atoms with Crippen molar-refractivity contribution in [2.24, 2.45) is 11.8 Å². The van der Waals surface area contributed by atoms with Crippen LogP contribution >= 0.6 is 11.6 Å². The molecule has 2 heterocycles. The summed E-state index contributed by atoms with van der Waals surface area (Å²) in [7, 11) is 0. The van der Waals surface area contributed by atoms with Gasteiger partial charge in [-0.2, -0.15) is 13.2 Å². The summed E-state index contributed by atoms with van der Waals surface area (Å²) in [6.45, 7) is 2.10. The zero-order valence-corrected chi connectivity index (χ0v) is 21.3. The Morgan fingerprint density at radius 2 is 1.51 bits per heavy atom. The number of anilines is 1. The summed E-state index contributed by atoms with van der Waals surface area (Å²) in [4.78, 5) is 27.8. The minimum absolute atomic E-state index is 0.198. The predicted molar refractivity (Wildman–Crippen MR) is 134 cm³/mol. The molecule has 37 heavy (non-hydrogen) atoms. The number of benzene rings is 2. The van der Waals surface area contributed by atoms with Crippen LogP contribution in [0.3, 0.4) is 0 Å². The molecule has 2 aliphatic rings. The highest BCUT2D eigenvalue weighted by Crippen LogP contribution is 2.41. The van der Waals surface area contributed by atoms with E-state index in [1.807, 2.05) is 6.07 Å². The number of alkyl halides is 3. The number of likely N-dealkylation sites (tertiary alicyclic amines) is 1. The lowest BCUT2D eigenvalue weighted by Crippen LogP contribution is -2.57. The van der Waals surface area contributed by atoms with E-state index >= 15 is 0 Å². The van der Waals surface area contributed by atoms with E-state index in [1.165, 1.54) is 18.2 Å². The maximum absolute atomic E-state index is 13.9. The highest BCUT2D eigenvalue weighted by Gasteiger charge is 2.62. The summed E-state index contributed by atoms with van der Waals surface area (Å²) in [5.74, 6) is -0.793. The van der Waals surface area contributed by atoms with Crippen molar-refractivity contribution in [2.75, 3.05) is 31.1 Å². The van der Waals surface area contributed by atoms with Crippen LogP contribution in [0.4, 0.5) is 18.9 Å². The summed E-state index contributed by atoms with van der Waals surface area (Å²) in [5, 5.41) is 11.0. The van der Waals surface area contributed by atoms with Crippen molar-refractivity contribution >= 4 is 29.1 Å². The molecule has 2 aliphatic heterocycles. The van der Waals surface area contributed by atoms with Gasteiger partial charge in [0, 0.05) is 37.4 Å². The molecular weight excluding hydrogens is 507 g/mol. The quantitative estimate of drug-likeness (QED) is 0.581. The summed E-state index contributed by atoms with van der Waals surface area (Å²) in [5.41, 5.74) is 0.772. The molecule has 2 amide bonds. The molecule has 2 aromatic carbocycles. The standard InChI is InChI=1S/C27H31ClF3N3O3/c28-23-17-21(6-7-22(23)24(32)35)33-12-8-18(9-13-33)16-19-10-14-34(15-11-19)25(36)26(37,27(29,30)31)20-4-2-1-3-5-20/h1-7,17-19,37H,8-16H2,(H2,32,35)/p+1. The summed E-state index contributed by atoms with van der Waals surface area (Å²) in [6.07, 6.45) is -0.962. The van der Waals surface area contributed by atoms with E-state index < -0.39 is 23.2 Å². The van der Waals surface area contributed by atoms with Gasteiger partial charge in [0.25, 0.3) is 11.5 Å². The van der Waals surface area contributed by atoms with Crippen molar-refractivity contribution in [1.29, 1.82) is 0 Å². The lowest BCUT2D eigenvalue weighted by Gasteiger charge is -2.40. The molecule has 0 saturated carbocycles. The van der Waals surface area contributed by atoms with E-state index in [0.717, 1.165) is 55.1 Å². The van der Waals surface area contributed by atoms with Gasteiger partial charge in [-0.3, -0.25) is 10.5 Å². The number of carbonyl (C=O) groups is 2. The van der Waals surface area contributed by atoms with Crippen molar-refractivity contribution in [3.05, 3.63) is 64.7 Å². The second-order valence-corrected chi connectivity index (χ2v) is 10.5. The minimum atomic E-state index is -5.12. The molecule has 0 aromatic heterocycles. The van der Waals surface area contributed by atoms with Gasteiger partial charge in [-0.25, -0.2) is 4.79 Å². The molecule has 0 aliphatic carbocycles. The van der Waals surface area contributed by atoms with Gasteiger partial charge in [-0.15, -0.1) is 0 Å². The minimum Gasteiger partial charge on any atom is -0.371 e. The third-order valence-corrected chi connectivity index (χ3v) is 8.03. The first-order chi connectivity index (χ1) is 17.5. The molecule has 2 fully saturated rings. The number of piperidine rings is 2. The molecule has 2 aromatic rings. The van der Waals surface area contributed by atoms with Crippen molar-refractivity contribution < 1.29 is 33.6 Å². The highest BCUT2D eigenvalue weighted by molar-refractivity contribution is 6.33. The zero-order valence-electron chi connectivity index (χ0n) is 20.5. The maximum atomic E-state index is 13.9. The summed E-state index contributed by atoms with van der Waals surface area (Å²) in [6, 6.07) is 11.9. The SMILES string of the molecule is [NH3+]C(=O)c1ccc(N2CCC(CC3CCN(C(=O)C(O)(c4ccccc4)C(F)(F)F)CC3)CC2)cc1Cl. The number of carbonyl (C=O) groups excluding carboxylic acids is 2. The maximum Gasteiger partial charge on any atom is 0.430 e. The molecule has 1 unspecified atom stereocenters. The third kappa shape index (κ3) is 5.78. The zero-order chi connectivity index (χ0) is 26.8. The van der Waals surface area contributed by atoms with Crippen LogP contribution < -0.4 is 10.6 Å². The van der Waals surface area contributed by atoms with Crippen LogP contribution in [0.2, 0.25) is 5.02 Å². The van der Waals surface area contributed by atoms with Crippen molar-refractivity contribution in [3.63, 3.8) is 0 Å². The van der Waals surface area contributed by atoms with Crippen LogP contribution in [0.15, 0.2) is 48.5 Å². The fourth-order valence-electron chi connectivity index (χ4n) is 5.51. The van der Waals surface area contributed by atoms with E-state index in [4.69, 9.17) is 11.6 Å². The van der Waals surface area contributed by atoms with Gasteiger partial charge in [0.1, 0.15) is 0 Å². The Balaban J connectivity index is 1.30. The van der Waals surface area contributed by atoms with Crippen LogP contribution in [0.5, 0.6) is 0 Å². The van der Waals surface area contributed by atoms with Gasteiger partial charge in [-0.05, 0) is 62.1 Å². The molecule has 0 spiro atoms. The predicted octanol–water partition coefficient (Wildman–Crippen LogP) is 4.02. The van der Waals surface area contributed by atoms with Gasteiger partial charge in [-0.1, -0.05) is 41.9 Å². The van der Waals surface area contributed by atoms with E-state index in [9.17, 15) is 27.9 Å². The number of amides is 2. The lowest BCUT2D eigenvalue weighted by molar-refractivity contribution is -0.262. The topological polar surface area (TPSA) is 88.5 Å². The Kier molecular flexibility index (Phi) is 8.16. The van der Waals surface area contributed by atoms with Crippen LogP contribution in [-0.4, -0.2) is 54.2 Å². The molecule has 4 rings (SSSR count). The third-order valence-electron chi connectivity index (χ3n) is 7.71.